The summed E-state index contributed by atoms with van der Waals surface area (Å²) in [5.41, 5.74) is 1.89. The molecule has 0 unspecified atom stereocenters. The second-order valence-electron chi connectivity index (χ2n) is 5.11. The zero-order valence-electron chi connectivity index (χ0n) is 13.1. The van der Waals surface area contributed by atoms with Crippen LogP contribution >= 0.6 is 0 Å². The minimum atomic E-state index is -4.37. The van der Waals surface area contributed by atoms with E-state index < -0.39 is 24.9 Å². The van der Waals surface area contributed by atoms with Gasteiger partial charge in [0, 0.05) is 13.7 Å². The SMILES string of the molecule is COCc1cccc(CNC(=O)N[C@@H](C)COCC(F)(F)F)c1. The maximum atomic E-state index is 11.9. The highest BCUT2D eigenvalue weighted by atomic mass is 19.4. The molecule has 2 N–H and O–H groups in total. The molecule has 0 spiro atoms. The van der Waals surface area contributed by atoms with E-state index in [1.807, 2.05) is 24.3 Å². The normalized spacial score (nSPS) is 12.7. The molecule has 2 amide bonds. The number of urea groups is 1. The van der Waals surface area contributed by atoms with Crippen molar-refractivity contribution in [2.24, 2.45) is 0 Å². The van der Waals surface area contributed by atoms with Crippen LogP contribution in [0.1, 0.15) is 18.1 Å². The first-order valence-electron chi connectivity index (χ1n) is 7.06. The number of amides is 2. The second kappa shape index (κ2) is 9.36. The first-order chi connectivity index (χ1) is 10.8. The fraction of sp³-hybridized carbons (Fsp3) is 0.533. The van der Waals surface area contributed by atoms with Crippen LogP contribution in [0.4, 0.5) is 18.0 Å². The van der Waals surface area contributed by atoms with Crippen LogP contribution in [0.2, 0.25) is 0 Å². The number of ether oxygens (including phenoxy) is 2. The van der Waals surface area contributed by atoms with Gasteiger partial charge in [-0.2, -0.15) is 13.2 Å². The van der Waals surface area contributed by atoms with E-state index in [2.05, 4.69) is 15.4 Å². The Morgan fingerprint density at radius 3 is 2.65 bits per heavy atom. The molecule has 1 atom stereocenters. The summed E-state index contributed by atoms with van der Waals surface area (Å²) in [5.74, 6) is 0. The quantitative estimate of drug-likeness (QED) is 0.768. The number of hydrogen-bond donors (Lipinski definition) is 2. The second-order valence-corrected chi connectivity index (χ2v) is 5.11. The summed E-state index contributed by atoms with van der Waals surface area (Å²) < 4.78 is 45.3. The molecule has 5 nitrogen and oxygen atoms in total. The topological polar surface area (TPSA) is 59.6 Å². The van der Waals surface area contributed by atoms with Gasteiger partial charge in [0.25, 0.3) is 0 Å². The van der Waals surface area contributed by atoms with Crippen molar-refractivity contribution in [1.82, 2.24) is 10.6 Å². The molecule has 0 aliphatic rings. The molecule has 0 aromatic heterocycles. The molecule has 1 rings (SSSR count). The number of nitrogens with one attached hydrogen (secondary N) is 2. The maximum Gasteiger partial charge on any atom is 0.411 e. The van der Waals surface area contributed by atoms with Crippen molar-refractivity contribution >= 4 is 6.03 Å². The molecule has 0 fully saturated rings. The number of carbonyl (C=O) groups excluding carboxylic acids is 1. The van der Waals surface area contributed by atoms with E-state index in [1.165, 1.54) is 0 Å². The molecule has 23 heavy (non-hydrogen) atoms. The highest BCUT2D eigenvalue weighted by Crippen LogP contribution is 2.14. The molecule has 8 heteroatoms. The average molecular weight is 334 g/mol. The van der Waals surface area contributed by atoms with Gasteiger partial charge in [-0.25, -0.2) is 4.79 Å². The van der Waals surface area contributed by atoms with Crippen LogP contribution < -0.4 is 10.6 Å². The van der Waals surface area contributed by atoms with Gasteiger partial charge in [0.15, 0.2) is 0 Å². The number of carbonyl (C=O) groups is 1. The zero-order chi connectivity index (χ0) is 17.3. The Morgan fingerprint density at radius 1 is 1.30 bits per heavy atom. The lowest BCUT2D eigenvalue weighted by atomic mass is 10.1. The molecule has 0 radical (unpaired) electrons. The van der Waals surface area contributed by atoms with E-state index in [0.29, 0.717) is 13.2 Å². The predicted molar refractivity (Wildman–Crippen MR) is 78.9 cm³/mol. The van der Waals surface area contributed by atoms with Crippen molar-refractivity contribution in [1.29, 1.82) is 0 Å². The Morgan fingerprint density at radius 2 is 2.00 bits per heavy atom. The van der Waals surface area contributed by atoms with Crippen molar-refractivity contribution in [2.45, 2.75) is 32.3 Å². The number of alkyl halides is 3. The third kappa shape index (κ3) is 9.04. The zero-order valence-corrected chi connectivity index (χ0v) is 13.1. The van der Waals surface area contributed by atoms with Gasteiger partial charge < -0.3 is 20.1 Å². The fourth-order valence-electron chi connectivity index (χ4n) is 1.85. The van der Waals surface area contributed by atoms with E-state index in [4.69, 9.17) is 4.74 Å². The standard InChI is InChI=1S/C15H21F3N2O3/c1-11(8-23-10-15(16,17)18)20-14(21)19-7-12-4-3-5-13(6-12)9-22-2/h3-6,11H,7-10H2,1-2H3,(H2,19,20,21)/t11-/m0/s1. The number of hydrogen-bond acceptors (Lipinski definition) is 3. The van der Waals surface area contributed by atoms with Crippen molar-refractivity contribution in [3.05, 3.63) is 35.4 Å². The van der Waals surface area contributed by atoms with E-state index in [1.54, 1.807) is 14.0 Å². The molecule has 0 saturated heterocycles. The smallest absolute Gasteiger partial charge is 0.380 e. The lowest BCUT2D eigenvalue weighted by Crippen LogP contribution is -2.42. The third-order valence-corrected chi connectivity index (χ3v) is 2.77. The van der Waals surface area contributed by atoms with E-state index in [-0.39, 0.29) is 6.61 Å². The predicted octanol–water partition coefficient (Wildman–Crippen LogP) is 2.60. The van der Waals surface area contributed by atoms with Crippen LogP contribution in [0.25, 0.3) is 0 Å². The number of rotatable bonds is 8. The van der Waals surface area contributed by atoms with Gasteiger partial charge in [0.05, 0.1) is 19.3 Å². The molecule has 0 aliphatic heterocycles. The fourth-order valence-corrected chi connectivity index (χ4v) is 1.85. The molecular weight excluding hydrogens is 313 g/mol. The van der Waals surface area contributed by atoms with E-state index in [0.717, 1.165) is 11.1 Å². The summed E-state index contributed by atoms with van der Waals surface area (Å²) in [6.07, 6.45) is -4.37. The summed E-state index contributed by atoms with van der Waals surface area (Å²) >= 11 is 0. The molecule has 1 aromatic rings. The van der Waals surface area contributed by atoms with Crippen LogP contribution in [0.5, 0.6) is 0 Å². The Labute approximate surface area is 133 Å². The van der Waals surface area contributed by atoms with Gasteiger partial charge in [-0.15, -0.1) is 0 Å². The molecule has 0 saturated carbocycles. The highest BCUT2D eigenvalue weighted by Gasteiger charge is 2.27. The summed E-state index contributed by atoms with van der Waals surface area (Å²) in [4.78, 5) is 11.7. The lowest BCUT2D eigenvalue weighted by Gasteiger charge is -2.16. The van der Waals surface area contributed by atoms with Gasteiger partial charge in [-0.1, -0.05) is 24.3 Å². The largest absolute Gasteiger partial charge is 0.411 e. The summed E-state index contributed by atoms with van der Waals surface area (Å²) in [5, 5.41) is 5.15. The summed E-state index contributed by atoms with van der Waals surface area (Å²) in [6, 6.07) is 6.53. The maximum absolute atomic E-state index is 11.9. The van der Waals surface area contributed by atoms with Crippen LogP contribution in [0.15, 0.2) is 24.3 Å². The van der Waals surface area contributed by atoms with Gasteiger partial charge in [-0.05, 0) is 18.1 Å². The molecule has 0 bridgehead atoms. The first kappa shape index (κ1) is 19.2. The minimum Gasteiger partial charge on any atom is -0.380 e. The summed E-state index contributed by atoms with van der Waals surface area (Å²) in [6.45, 7) is 0.811. The first-order valence-corrected chi connectivity index (χ1v) is 7.06. The highest BCUT2D eigenvalue weighted by molar-refractivity contribution is 5.74. The van der Waals surface area contributed by atoms with Crippen LogP contribution in [-0.4, -0.2) is 38.6 Å². The minimum absolute atomic E-state index is 0.212. The van der Waals surface area contributed by atoms with Gasteiger partial charge in [-0.3, -0.25) is 0 Å². The monoisotopic (exact) mass is 334 g/mol. The molecule has 1 aromatic carbocycles. The van der Waals surface area contributed by atoms with Gasteiger partial charge >= 0.3 is 12.2 Å². The lowest BCUT2D eigenvalue weighted by molar-refractivity contribution is -0.174. The number of benzene rings is 1. The van der Waals surface area contributed by atoms with E-state index in [9.17, 15) is 18.0 Å². The third-order valence-electron chi connectivity index (χ3n) is 2.77. The van der Waals surface area contributed by atoms with Crippen LogP contribution in [0.3, 0.4) is 0 Å². The average Bonchev–Trinajstić information content (AvgIpc) is 2.44. The number of halogens is 3. The van der Waals surface area contributed by atoms with Gasteiger partial charge in [0.2, 0.25) is 0 Å². The van der Waals surface area contributed by atoms with Crippen LogP contribution in [-0.2, 0) is 22.6 Å². The van der Waals surface area contributed by atoms with Gasteiger partial charge in [0.1, 0.15) is 6.61 Å². The molecule has 130 valence electrons. The Balaban J connectivity index is 2.29. The Bertz CT molecular complexity index is 495. The van der Waals surface area contributed by atoms with Crippen molar-refractivity contribution in [3.8, 4) is 0 Å². The Hall–Kier alpha value is -1.80. The van der Waals surface area contributed by atoms with Crippen molar-refractivity contribution < 1.29 is 27.4 Å². The van der Waals surface area contributed by atoms with E-state index >= 15 is 0 Å². The molecular formula is C15H21F3N2O3. The Kier molecular flexibility index (Phi) is 7.84. The molecule has 0 heterocycles. The molecule has 0 aliphatic carbocycles. The van der Waals surface area contributed by atoms with Crippen molar-refractivity contribution in [3.63, 3.8) is 0 Å². The number of methoxy groups -OCH3 is 1. The van der Waals surface area contributed by atoms with Crippen molar-refractivity contribution in [2.75, 3.05) is 20.3 Å². The summed E-state index contributed by atoms with van der Waals surface area (Å²) in [7, 11) is 1.60. The van der Waals surface area contributed by atoms with Crippen LogP contribution in [0, 0.1) is 0 Å².